The fourth-order valence-corrected chi connectivity index (χ4v) is 2.03. The predicted molar refractivity (Wildman–Crippen MR) is 103 cm³/mol. The summed E-state index contributed by atoms with van der Waals surface area (Å²) in [7, 11) is 3.44. The van der Waals surface area contributed by atoms with Crippen molar-refractivity contribution in [2.75, 3.05) is 27.3 Å². The van der Waals surface area contributed by atoms with Crippen LogP contribution in [0.2, 0.25) is 0 Å². The van der Waals surface area contributed by atoms with E-state index in [1.54, 1.807) is 20.4 Å². The van der Waals surface area contributed by atoms with Gasteiger partial charge in [-0.15, -0.1) is 24.0 Å². The molecule has 0 fully saturated rings. The van der Waals surface area contributed by atoms with Crippen molar-refractivity contribution in [3.8, 4) is 0 Å². The van der Waals surface area contributed by atoms with Crippen LogP contribution in [-0.2, 0) is 17.8 Å². The number of benzene rings is 1. The smallest absolute Gasteiger partial charge is 0.191 e. The Kier molecular flexibility index (Phi) is 9.30. The molecule has 6 nitrogen and oxygen atoms in total. The summed E-state index contributed by atoms with van der Waals surface area (Å²) in [5, 5.41) is 6.46. The molecule has 2 N–H and O–H groups in total. The molecule has 0 bridgehead atoms. The Hall–Kier alpha value is -1.61. The van der Waals surface area contributed by atoms with Crippen molar-refractivity contribution in [2.24, 2.45) is 4.99 Å². The van der Waals surface area contributed by atoms with E-state index >= 15 is 0 Å². The van der Waals surface area contributed by atoms with Crippen LogP contribution in [0.3, 0.4) is 0 Å². The van der Waals surface area contributed by atoms with Gasteiger partial charge < -0.3 is 19.9 Å². The van der Waals surface area contributed by atoms with Gasteiger partial charge in [0.25, 0.3) is 0 Å². The lowest BCUT2D eigenvalue weighted by atomic mass is 10.1. The van der Waals surface area contributed by atoms with Crippen molar-refractivity contribution in [3.63, 3.8) is 0 Å². The summed E-state index contributed by atoms with van der Waals surface area (Å²) in [5.74, 6) is 0.777. The summed E-state index contributed by atoms with van der Waals surface area (Å²) < 4.78 is 7.05. The van der Waals surface area contributed by atoms with Crippen molar-refractivity contribution < 1.29 is 4.74 Å². The molecule has 2 rings (SSSR count). The maximum absolute atomic E-state index is 5.00. The molecule has 0 saturated heterocycles. The molecule has 0 aliphatic rings. The molecule has 0 spiro atoms. The van der Waals surface area contributed by atoms with Crippen LogP contribution in [0.25, 0.3) is 0 Å². The fraction of sp³-hybridized carbons (Fsp3) is 0.375. The number of nitrogens with one attached hydrogen (secondary N) is 2. The molecular formula is C16H24IN5O. The van der Waals surface area contributed by atoms with Crippen LogP contribution in [0.5, 0.6) is 0 Å². The Morgan fingerprint density at radius 3 is 2.57 bits per heavy atom. The van der Waals surface area contributed by atoms with Gasteiger partial charge >= 0.3 is 0 Å². The first-order valence-electron chi connectivity index (χ1n) is 7.29. The molecule has 0 unspecified atom stereocenters. The summed E-state index contributed by atoms with van der Waals surface area (Å²) >= 11 is 0. The Morgan fingerprint density at radius 2 is 1.96 bits per heavy atom. The molecule has 7 heteroatoms. The standard InChI is InChI=1S/C16H23N5O.HI/c1-17-16(19-8-10-22-2)20-11-14-3-5-15(6-4-14)12-21-9-7-18-13-21;/h3-7,9,13H,8,10-12H2,1-2H3,(H2,17,19,20);1H. The first-order chi connectivity index (χ1) is 10.8. The van der Waals surface area contributed by atoms with E-state index in [2.05, 4.69) is 49.4 Å². The third-order valence-corrected chi connectivity index (χ3v) is 3.23. The second kappa shape index (κ2) is 11.0. The number of hydrogen-bond donors (Lipinski definition) is 2. The molecule has 0 saturated carbocycles. The molecule has 2 aromatic rings. The molecule has 0 atom stereocenters. The summed E-state index contributed by atoms with van der Waals surface area (Å²) in [6, 6.07) is 8.53. The van der Waals surface area contributed by atoms with Crippen LogP contribution in [-0.4, -0.2) is 42.8 Å². The first kappa shape index (κ1) is 19.4. The fourth-order valence-electron chi connectivity index (χ4n) is 2.03. The Morgan fingerprint density at radius 1 is 1.22 bits per heavy atom. The van der Waals surface area contributed by atoms with E-state index in [1.165, 1.54) is 11.1 Å². The minimum atomic E-state index is 0. The van der Waals surface area contributed by atoms with Gasteiger partial charge in [0.1, 0.15) is 0 Å². The van der Waals surface area contributed by atoms with E-state index in [9.17, 15) is 0 Å². The van der Waals surface area contributed by atoms with Crippen LogP contribution >= 0.6 is 24.0 Å². The lowest BCUT2D eigenvalue weighted by molar-refractivity contribution is 0.203. The third-order valence-electron chi connectivity index (χ3n) is 3.23. The number of aliphatic imine (C=N–C) groups is 1. The van der Waals surface area contributed by atoms with Gasteiger partial charge in [-0.25, -0.2) is 4.98 Å². The summed E-state index contributed by atoms with van der Waals surface area (Å²) in [4.78, 5) is 8.22. The van der Waals surface area contributed by atoms with Gasteiger partial charge in [-0.1, -0.05) is 24.3 Å². The van der Waals surface area contributed by atoms with E-state index < -0.39 is 0 Å². The van der Waals surface area contributed by atoms with Crippen LogP contribution in [0, 0.1) is 0 Å². The lowest BCUT2D eigenvalue weighted by Gasteiger charge is -2.12. The molecule has 1 aromatic heterocycles. The van der Waals surface area contributed by atoms with Gasteiger partial charge in [0.05, 0.1) is 12.9 Å². The number of aromatic nitrogens is 2. The number of hydrogen-bond acceptors (Lipinski definition) is 3. The Bertz CT molecular complexity index is 569. The van der Waals surface area contributed by atoms with Crippen molar-refractivity contribution in [2.45, 2.75) is 13.1 Å². The molecule has 0 aliphatic heterocycles. The minimum absolute atomic E-state index is 0. The largest absolute Gasteiger partial charge is 0.383 e. The second-order valence-corrected chi connectivity index (χ2v) is 4.90. The second-order valence-electron chi connectivity index (χ2n) is 4.90. The third kappa shape index (κ3) is 7.00. The van der Waals surface area contributed by atoms with Gasteiger partial charge in [-0.3, -0.25) is 4.99 Å². The van der Waals surface area contributed by atoms with E-state index in [0.717, 1.165) is 25.6 Å². The zero-order valence-electron chi connectivity index (χ0n) is 13.5. The maximum atomic E-state index is 5.00. The van der Waals surface area contributed by atoms with Gasteiger partial charge in [0.2, 0.25) is 0 Å². The average Bonchev–Trinajstić information content (AvgIpc) is 3.05. The topological polar surface area (TPSA) is 63.5 Å². The quantitative estimate of drug-likeness (QED) is 0.305. The van der Waals surface area contributed by atoms with Crippen molar-refractivity contribution in [1.82, 2.24) is 20.2 Å². The number of methoxy groups -OCH3 is 1. The van der Waals surface area contributed by atoms with Gasteiger partial charge in [0.15, 0.2) is 5.96 Å². The number of rotatable bonds is 7. The van der Waals surface area contributed by atoms with Crippen molar-refractivity contribution >= 4 is 29.9 Å². The molecule has 0 radical (unpaired) electrons. The highest BCUT2D eigenvalue weighted by molar-refractivity contribution is 14.0. The average molecular weight is 429 g/mol. The summed E-state index contributed by atoms with van der Waals surface area (Å²) in [5.41, 5.74) is 2.47. The monoisotopic (exact) mass is 429 g/mol. The minimum Gasteiger partial charge on any atom is -0.383 e. The van der Waals surface area contributed by atoms with E-state index in [-0.39, 0.29) is 24.0 Å². The predicted octanol–water partition coefficient (Wildman–Crippen LogP) is 1.86. The van der Waals surface area contributed by atoms with Crippen LogP contribution in [0.1, 0.15) is 11.1 Å². The molecule has 1 aromatic carbocycles. The normalized spacial score (nSPS) is 11.0. The van der Waals surface area contributed by atoms with Gasteiger partial charge in [-0.05, 0) is 11.1 Å². The van der Waals surface area contributed by atoms with E-state index in [4.69, 9.17) is 4.74 Å². The molecule has 0 amide bonds. The summed E-state index contributed by atoms with van der Waals surface area (Å²) in [6.07, 6.45) is 5.58. The number of guanidine groups is 1. The number of nitrogens with zero attached hydrogens (tertiary/aromatic N) is 3. The molecular weight excluding hydrogens is 405 g/mol. The Labute approximate surface area is 154 Å². The van der Waals surface area contributed by atoms with Gasteiger partial charge in [0, 0.05) is 46.2 Å². The number of halogens is 1. The summed E-state index contributed by atoms with van der Waals surface area (Å²) in [6.45, 7) is 2.97. The van der Waals surface area contributed by atoms with E-state index in [0.29, 0.717) is 6.61 Å². The van der Waals surface area contributed by atoms with Crippen LogP contribution < -0.4 is 10.6 Å². The first-order valence-corrected chi connectivity index (χ1v) is 7.29. The molecule has 23 heavy (non-hydrogen) atoms. The highest BCUT2D eigenvalue weighted by Crippen LogP contribution is 2.06. The zero-order valence-corrected chi connectivity index (χ0v) is 15.9. The van der Waals surface area contributed by atoms with Crippen LogP contribution in [0.15, 0.2) is 48.0 Å². The molecule has 126 valence electrons. The SMILES string of the molecule is CN=C(NCCOC)NCc1ccc(Cn2ccnc2)cc1.I. The Balaban J connectivity index is 0.00000264. The zero-order chi connectivity index (χ0) is 15.6. The molecule has 0 aliphatic carbocycles. The highest BCUT2D eigenvalue weighted by Gasteiger charge is 1.99. The van der Waals surface area contributed by atoms with Crippen LogP contribution in [0.4, 0.5) is 0 Å². The number of ether oxygens (including phenoxy) is 1. The maximum Gasteiger partial charge on any atom is 0.191 e. The van der Waals surface area contributed by atoms with Crippen molar-refractivity contribution in [1.29, 1.82) is 0 Å². The van der Waals surface area contributed by atoms with Gasteiger partial charge in [-0.2, -0.15) is 0 Å². The number of imidazole rings is 1. The lowest BCUT2D eigenvalue weighted by Crippen LogP contribution is -2.38. The highest BCUT2D eigenvalue weighted by atomic mass is 127. The van der Waals surface area contributed by atoms with E-state index in [1.807, 2.05) is 12.5 Å². The molecule has 1 heterocycles. The van der Waals surface area contributed by atoms with Crippen molar-refractivity contribution in [3.05, 3.63) is 54.1 Å².